The summed E-state index contributed by atoms with van der Waals surface area (Å²) in [6, 6.07) is 6.72. The van der Waals surface area contributed by atoms with Gasteiger partial charge in [0.25, 0.3) is 0 Å². The fraction of sp³-hybridized carbons (Fsp3) is 0.765. The molecule has 36 heavy (non-hydrogen) atoms. The lowest BCUT2D eigenvalue weighted by atomic mass is 10.00. The van der Waals surface area contributed by atoms with Crippen molar-refractivity contribution in [1.29, 1.82) is 0 Å². The molecule has 0 saturated heterocycles. The van der Waals surface area contributed by atoms with Gasteiger partial charge < -0.3 is 4.74 Å². The Labute approximate surface area is 234 Å². The van der Waals surface area contributed by atoms with E-state index in [0.29, 0.717) is 5.92 Å². The largest absolute Gasteiger partial charge is 0.493 e. The van der Waals surface area contributed by atoms with E-state index in [4.69, 9.17) is 4.74 Å². The van der Waals surface area contributed by atoms with Crippen molar-refractivity contribution in [3.05, 3.63) is 29.3 Å². The molecule has 1 unspecified atom stereocenters. The Morgan fingerprint density at radius 3 is 1.92 bits per heavy atom. The number of alkyl halides is 1. The molecule has 1 aromatic rings. The second kappa shape index (κ2) is 24.4. The highest BCUT2D eigenvalue weighted by Gasteiger charge is 2.08. The van der Waals surface area contributed by atoms with E-state index in [1.807, 2.05) is 0 Å². The molecule has 0 aliphatic heterocycles. The van der Waals surface area contributed by atoms with E-state index in [2.05, 4.69) is 66.7 Å². The van der Waals surface area contributed by atoms with Crippen molar-refractivity contribution in [2.45, 2.75) is 149 Å². The van der Waals surface area contributed by atoms with Crippen LogP contribution < -0.4 is 4.74 Å². The Morgan fingerprint density at radius 1 is 0.722 bits per heavy atom. The summed E-state index contributed by atoms with van der Waals surface area (Å²) in [5.74, 6) is 8.41. The zero-order valence-corrected chi connectivity index (χ0v) is 25.7. The van der Waals surface area contributed by atoms with Gasteiger partial charge in [-0.25, -0.2) is 0 Å². The maximum atomic E-state index is 6.31. The maximum absolute atomic E-state index is 6.31. The van der Waals surface area contributed by atoms with Gasteiger partial charge in [0.2, 0.25) is 0 Å². The summed E-state index contributed by atoms with van der Waals surface area (Å²) in [5.41, 5.74) is 2.51. The minimum absolute atomic E-state index is 0.656. The molecule has 2 heteroatoms. The average molecular weight is 562 g/mol. The van der Waals surface area contributed by atoms with Crippen LogP contribution in [-0.2, 0) is 6.42 Å². The molecular formula is C34H57BrO. The third-order valence-electron chi connectivity index (χ3n) is 7.23. The van der Waals surface area contributed by atoms with Crippen LogP contribution >= 0.6 is 15.9 Å². The highest BCUT2D eigenvalue weighted by atomic mass is 79.9. The number of halogens is 1. The third-order valence-corrected chi connectivity index (χ3v) is 7.79. The Kier molecular flexibility index (Phi) is 22.4. The quantitative estimate of drug-likeness (QED) is 0.0733. The molecule has 206 valence electrons. The lowest BCUT2D eigenvalue weighted by Crippen LogP contribution is -2.11. The zero-order chi connectivity index (χ0) is 26.1. The first-order chi connectivity index (χ1) is 17.7. The molecule has 1 atom stereocenters. The molecule has 1 nitrogen and oxygen atoms in total. The van der Waals surface area contributed by atoms with Gasteiger partial charge in [0.1, 0.15) is 5.75 Å². The lowest BCUT2D eigenvalue weighted by Gasteiger charge is -2.16. The fourth-order valence-corrected chi connectivity index (χ4v) is 5.02. The van der Waals surface area contributed by atoms with Crippen molar-refractivity contribution in [1.82, 2.24) is 0 Å². The van der Waals surface area contributed by atoms with Gasteiger partial charge in [0.05, 0.1) is 6.61 Å². The molecule has 0 radical (unpaired) electrons. The Balaban J connectivity index is 2.41. The maximum Gasteiger partial charge on any atom is 0.120 e. The first-order valence-electron chi connectivity index (χ1n) is 15.5. The van der Waals surface area contributed by atoms with Gasteiger partial charge in [-0.1, -0.05) is 145 Å². The van der Waals surface area contributed by atoms with Crippen LogP contribution in [-0.4, -0.2) is 11.9 Å². The van der Waals surface area contributed by atoms with E-state index in [1.54, 1.807) is 0 Å². The van der Waals surface area contributed by atoms with Crippen LogP contribution in [0.25, 0.3) is 0 Å². The molecule has 0 spiro atoms. The SMILES string of the molecule is CCCCCCCCCCCCCCCc1cc(C#CCCCBr)cc(OCC(CC)CCCC)c1. The molecule has 1 aromatic carbocycles. The molecular weight excluding hydrogens is 504 g/mol. The smallest absolute Gasteiger partial charge is 0.120 e. The number of benzene rings is 1. The molecule has 0 aromatic heterocycles. The van der Waals surface area contributed by atoms with Crippen molar-refractivity contribution >= 4 is 15.9 Å². The molecule has 1 rings (SSSR count). The first-order valence-corrected chi connectivity index (χ1v) is 16.7. The highest BCUT2D eigenvalue weighted by molar-refractivity contribution is 9.09. The standard InChI is InChI=1S/C34H57BrO/c1-4-7-9-10-11-12-13-14-15-16-17-18-20-24-32-27-33(25-21-19-22-26-35)29-34(28-32)36-30-31(6-3)23-8-5-2/h27-29,31H,4-20,22-24,26,30H2,1-3H3. The number of rotatable bonds is 23. The summed E-state index contributed by atoms with van der Waals surface area (Å²) in [6.07, 6.45) is 26.4. The van der Waals surface area contributed by atoms with Gasteiger partial charge in [-0.15, -0.1) is 0 Å². The summed E-state index contributed by atoms with van der Waals surface area (Å²) < 4.78 is 6.31. The van der Waals surface area contributed by atoms with Gasteiger partial charge in [0, 0.05) is 17.3 Å². The van der Waals surface area contributed by atoms with Gasteiger partial charge >= 0.3 is 0 Å². The topological polar surface area (TPSA) is 9.23 Å². The molecule has 0 aliphatic rings. The number of aryl methyl sites for hydroxylation is 1. The summed E-state index contributed by atoms with van der Waals surface area (Å²) in [4.78, 5) is 0. The van der Waals surface area contributed by atoms with Crippen LogP contribution in [0, 0.1) is 17.8 Å². The van der Waals surface area contributed by atoms with E-state index in [9.17, 15) is 0 Å². The number of hydrogen-bond acceptors (Lipinski definition) is 1. The predicted molar refractivity (Wildman–Crippen MR) is 165 cm³/mol. The summed E-state index contributed by atoms with van der Waals surface area (Å²) in [7, 11) is 0. The second-order valence-electron chi connectivity index (χ2n) is 10.7. The predicted octanol–water partition coefficient (Wildman–Crippen LogP) is 11.4. The van der Waals surface area contributed by atoms with E-state index in [1.165, 1.54) is 115 Å². The van der Waals surface area contributed by atoms with Gasteiger partial charge in [-0.05, 0) is 55.4 Å². The fourth-order valence-electron chi connectivity index (χ4n) is 4.74. The van der Waals surface area contributed by atoms with Crippen molar-refractivity contribution in [2.24, 2.45) is 5.92 Å². The molecule has 0 aliphatic carbocycles. The van der Waals surface area contributed by atoms with E-state index < -0.39 is 0 Å². The van der Waals surface area contributed by atoms with Crippen molar-refractivity contribution in [3.63, 3.8) is 0 Å². The Morgan fingerprint density at radius 2 is 1.33 bits per heavy atom. The molecule has 0 heterocycles. The second-order valence-corrected chi connectivity index (χ2v) is 11.5. The van der Waals surface area contributed by atoms with Gasteiger partial charge in [0.15, 0.2) is 0 Å². The Bertz CT molecular complexity index is 686. The first kappa shape index (κ1) is 33.1. The lowest BCUT2D eigenvalue weighted by molar-refractivity contribution is 0.233. The summed E-state index contributed by atoms with van der Waals surface area (Å²) >= 11 is 3.50. The van der Waals surface area contributed by atoms with Crippen LogP contribution in [0.5, 0.6) is 5.75 Å². The minimum Gasteiger partial charge on any atom is -0.493 e. The monoisotopic (exact) mass is 560 g/mol. The summed E-state index contributed by atoms with van der Waals surface area (Å²) in [6.45, 7) is 7.68. The van der Waals surface area contributed by atoms with E-state index in [-0.39, 0.29) is 0 Å². The third kappa shape index (κ3) is 18.3. The normalized spacial score (nSPS) is 11.8. The minimum atomic E-state index is 0.656. The number of unbranched alkanes of at least 4 members (excludes halogenated alkanes) is 14. The molecule has 0 saturated carbocycles. The number of ether oxygens (including phenoxy) is 1. The average Bonchev–Trinajstić information content (AvgIpc) is 2.89. The number of hydrogen-bond donors (Lipinski definition) is 0. The van der Waals surface area contributed by atoms with Crippen LogP contribution in [0.3, 0.4) is 0 Å². The molecule has 0 fully saturated rings. The van der Waals surface area contributed by atoms with Crippen LogP contribution in [0.4, 0.5) is 0 Å². The van der Waals surface area contributed by atoms with Crippen LogP contribution in [0.1, 0.15) is 154 Å². The van der Waals surface area contributed by atoms with Crippen molar-refractivity contribution in [3.8, 4) is 17.6 Å². The Hall–Kier alpha value is -0.940. The van der Waals surface area contributed by atoms with Gasteiger partial charge in [-0.2, -0.15) is 0 Å². The van der Waals surface area contributed by atoms with Crippen LogP contribution in [0.15, 0.2) is 18.2 Å². The molecule has 0 bridgehead atoms. The highest BCUT2D eigenvalue weighted by Crippen LogP contribution is 2.22. The van der Waals surface area contributed by atoms with E-state index in [0.717, 1.165) is 42.5 Å². The van der Waals surface area contributed by atoms with Crippen LogP contribution in [0.2, 0.25) is 0 Å². The van der Waals surface area contributed by atoms with Gasteiger partial charge in [-0.3, -0.25) is 0 Å². The van der Waals surface area contributed by atoms with E-state index >= 15 is 0 Å². The molecule has 0 N–H and O–H groups in total. The van der Waals surface area contributed by atoms with Crippen molar-refractivity contribution in [2.75, 3.05) is 11.9 Å². The summed E-state index contributed by atoms with van der Waals surface area (Å²) in [5, 5.41) is 1.02. The van der Waals surface area contributed by atoms with Crippen molar-refractivity contribution < 1.29 is 4.74 Å². The zero-order valence-electron chi connectivity index (χ0n) is 24.2. The molecule has 0 amide bonds.